The fraction of sp³-hybridized carbons (Fsp3) is 0.269. The van der Waals surface area contributed by atoms with E-state index in [1.165, 1.54) is 44.6 Å². The highest BCUT2D eigenvalue weighted by Crippen LogP contribution is 2.28. The Morgan fingerprint density at radius 2 is 1.62 bits per heavy atom. The van der Waals surface area contributed by atoms with Gasteiger partial charge in [0.25, 0.3) is 0 Å². The number of nitrogens with one attached hydrogen (secondary N) is 2. The van der Waals surface area contributed by atoms with E-state index in [2.05, 4.69) is 111 Å². The first kappa shape index (κ1) is 27.4. The van der Waals surface area contributed by atoms with Gasteiger partial charge >= 0.3 is 0 Å². The van der Waals surface area contributed by atoms with E-state index in [0.29, 0.717) is 0 Å². The molecule has 0 aliphatic rings. The van der Waals surface area contributed by atoms with E-state index in [4.69, 9.17) is 0 Å². The molecular weight excluding hydrogens is 414 g/mol. The zero-order valence-electron chi connectivity index (χ0n) is 19.7. The second-order valence-electron chi connectivity index (χ2n) is 7.33. The Kier molecular flexibility index (Phi) is 12.4. The lowest BCUT2D eigenvalue weighted by atomic mass is 9.92. The lowest BCUT2D eigenvalue weighted by Gasteiger charge is -2.16. The summed E-state index contributed by atoms with van der Waals surface area (Å²) in [7, 11) is 1.99. The number of hydrazine groups is 2. The zero-order valence-corrected chi connectivity index (χ0v) is 20.6. The molecule has 0 amide bonds. The molecule has 0 saturated carbocycles. The average molecular weight is 452 g/mol. The van der Waals surface area contributed by atoms with Crippen molar-refractivity contribution in [3.8, 4) is 11.3 Å². The van der Waals surface area contributed by atoms with Crippen LogP contribution in [-0.4, -0.2) is 12.0 Å². The number of nitrogens with zero attached hydrogens (tertiary/aromatic N) is 1. The van der Waals surface area contributed by atoms with Gasteiger partial charge in [-0.1, -0.05) is 24.3 Å². The Morgan fingerprint density at radius 1 is 0.938 bits per heavy atom. The number of thiol groups is 1. The number of aryl methyl sites for hydroxylation is 4. The molecule has 6 heteroatoms. The van der Waals surface area contributed by atoms with E-state index in [9.17, 15) is 0 Å². The molecule has 0 saturated heterocycles. The molecule has 1 heterocycles. The largest absolute Gasteiger partial charge is 0.388 e. The first-order valence-electron chi connectivity index (χ1n) is 10.5. The molecule has 0 radical (unpaired) electrons. The maximum absolute atomic E-state index is 4.60. The number of anilines is 1. The van der Waals surface area contributed by atoms with Crippen LogP contribution in [0.15, 0.2) is 61.8 Å². The summed E-state index contributed by atoms with van der Waals surface area (Å²) in [4.78, 5) is 4.60. The maximum Gasteiger partial charge on any atom is 0.0704 e. The van der Waals surface area contributed by atoms with Gasteiger partial charge in [-0.25, -0.2) is 0 Å². The molecule has 172 valence electrons. The Labute approximate surface area is 198 Å². The predicted molar refractivity (Wildman–Crippen MR) is 143 cm³/mol. The van der Waals surface area contributed by atoms with Crippen molar-refractivity contribution in [2.45, 2.75) is 39.4 Å². The average Bonchev–Trinajstić information content (AvgIpc) is 2.81. The van der Waals surface area contributed by atoms with Gasteiger partial charge in [-0.05, 0) is 85.2 Å². The minimum Gasteiger partial charge on any atom is -0.388 e. The minimum atomic E-state index is 0.765. The highest BCUT2D eigenvalue weighted by Gasteiger charge is 2.11. The van der Waals surface area contributed by atoms with Crippen LogP contribution in [0.3, 0.4) is 0 Å². The van der Waals surface area contributed by atoms with Crippen LogP contribution in [0, 0.1) is 20.8 Å². The monoisotopic (exact) mass is 451 g/mol. The molecule has 0 unspecified atom stereocenters. The highest BCUT2D eigenvalue weighted by atomic mass is 32.1. The van der Waals surface area contributed by atoms with E-state index in [0.717, 1.165) is 24.3 Å². The topological polar surface area (TPSA) is 89.0 Å². The van der Waals surface area contributed by atoms with Crippen molar-refractivity contribution >= 4 is 18.3 Å². The van der Waals surface area contributed by atoms with Crippen LogP contribution in [-0.2, 0) is 18.6 Å². The Bertz CT molecular complexity index is 948. The van der Waals surface area contributed by atoms with Crippen LogP contribution in [0.4, 0.5) is 5.69 Å². The van der Waals surface area contributed by atoms with E-state index in [-0.39, 0.29) is 0 Å². The molecule has 0 bridgehead atoms. The van der Waals surface area contributed by atoms with Crippen molar-refractivity contribution in [2.75, 3.05) is 12.4 Å². The molecule has 0 spiro atoms. The zero-order chi connectivity index (χ0) is 24.1. The van der Waals surface area contributed by atoms with Crippen molar-refractivity contribution in [3.05, 3.63) is 95.2 Å². The van der Waals surface area contributed by atoms with Gasteiger partial charge in [0.15, 0.2) is 0 Å². The van der Waals surface area contributed by atoms with E-state index in [1.54, 1.807) is 5.53 Å². The molecule has 6 N–H and O–H groups in total. The molecule has 3 rings (SSSR count). The smallest absolute Gasteiger partial charge is 0.0704 e. The third-order valence-corrected chi connectivity index (χ3v) is 5.57. The van der Waals surface area contributed by atoms with Crippen LogP contribution >= 0.6 is 12.6 Å². The first-order chi connectivity index (χ1) is 15.4. The standard InChI is InChI=1S/C24H28N2S.C2H4.H5N3/c1-16-8-11-24(26-14-16)22-13-17(2)19(12-18(22)3)9-10-21-20(15-27)6-5-7-23(21)25-4;1-2;1-3-2/h5-8,11-14,25,27H,9-10,15H2,1-4H3;1-2H2;3H,1-2H2. The summed E-state index contributed by atoms with van der Waals surface area (Å²) in [6.07, 6.45) is 3.97. The molecule has 0 aliphatic carbocycles. The number of hydrogen-bond donors (Lipinski definition) is 5. The van der Waals surface area contributed by atoms with Gasteiger partial charge in [0.2, 0.25) is 0 Å². The summed E-state index contributed by atoms with van der Waals surface area (Å²) >= 11 is 4.51. The van der Waals surface area contributed by atoms with Crippen LogP contribution in [0.5, 0.6) is 0 Å². The molecule has 2 aromatic carbocycles. The lowest BCUT2D eigenvalue weighted by Crippen LogP contribution is -2.29. The summed E-state index contributed by atoms with van der Waals surface area (Å²) in [6, 6.07) is 15.3. The quantitative estimate of drug-likeness (QED) is 0.156. The van der Waals surface area contributed by atoms with Gasteiger partial charge in [0, 0.05) is 30.2 Å². The third-order valence-electron chi connectivity index (χ3n) is 5.23. The van der Waals surface area contributed by atoms with Crippen LogP contribution in [0.1, 0.15) is 33.4 Å². The lowest BCUT2D eigenvalue weighted by molar-refractivity contribution is 0.803. The predicted octanol–water partition coefficient (Wildman–Crippen LogP) is 5.06. The Balaban J connectivity index is 0.000000944. The molecule has 0 atom stereocenters. The van der Waals surface area contributed by atoms with Gasteiger partial charge in [-0.15, -0.1) is 13.2 Å². The second-order valence-corrected chi connectivity index (χ2v) is 7.65. The fourth-order valence-electron chi connectivity index (χ4n) is 3.62. The van der Waals surface area contributed by atoms with Gasteiger partial charge in [0.05, 0.1) is 5.69 Å². The molecule has 0 aliphatic heterocycles. The number of aromatic nitrogens is 1. The van der Waals surface area contributed by atoms with E-state index < -0.39 is 0 Å². The fourth-order valence-corrected chi connectivity index (χ4v) is 3.92. The number of hydrogen-bond acceptors (Lipinski definition) is 6. The summed E-state index contributed by atoms with van der Waals surface area (Å²) < 4.78 is 0. The SMILES string of the molecule is C=C.CNc1cccc(CS)c1CCc1cc(C)c(-c2ccc(C)cn2)cc1C.NNN. The van der Waals surface area contributed by atoms with Gasteiger partial charge in [-0.3, -0.25) is 16.7 Å². The van der Waals surface area contributed by atoms with Gasteiger partial charge in [0.1, 0.15) is 0 Å². The van der Waals surface area contributed by atoms with Gasteiger partial charge < -0.3 is 5.32 Å². The van der Waals surface area contributed by atoms with E-state index >= 15 is 0 Å². The van der Waals surface area contributed by atoms with Crippen molar-refractivity contribution < 1.29 is 0 Å². The first-order valence-corrected chi connectivity index (χ1v) is 11.2. The molecular formula is C26H37N5S. The van der Waals surface area contributed by atoms with E-state index in [1.807, 2.05) is 13.2 Å². The number of benzene rings is 2. The maximum atomic E-state index is 4.60. The van der Waals surface area contributed by atoms with Crippen LogP contribution in [0.25, 0.3) is 11.3 Å². The number of nitrogens with two attached hydrogens (primary N) is 2. The summed E-state index contributed by atoms with van der Waals surface area (Å²) in [5.41, 5.74) is 13.1. The molecule has 5 nitrogen and oxygen atoms in total. The molecule has 1 aromatic heterocycles. The number of rotatable bonds is 6. The normalized spacial score (nSPS) is 9.84. The van der Waals surface area contributed by atoms with Gasteiger partial charge in [-0.2, -0.15) is 18.2 Å². The molecule has 32 heavy (non-hydrogen) atoms. The highest BCUT2D eigenvalue weighted by molar-refractivity contribution is 7.79. The third kappa shape index (κ3) is 7.50. The summed E-state index contributed by atoms with van der Waals surface area (Å²) in [6.45, 7) is 12.5. The number of pyridine rings is 1. The summed E-state index contributed by atoms with van der Waals surface area (Å²) in [5, 5.41) is 3.33. The van der Waals surface area contributed by atoms with Crippen LogP contribution < -0.4 is 22.5 Å². The molecule has 3 aromatic rings. The molecule has 0 fully saturated rings. The second kappa shape index (κ2) is 14.4. The van der Waals surface area contributed by atoms with Crippen molar-refractivity contribution in [1.29, 1.82) is 0 Å². The Morgan fingerprint density at radius 3 is 2.19 bits per heavy atom. The summed E-state index contributed by atoms with van der Waals surface area (Å²) in [5.74, 6) is 9.51. The van der Waals surface area contributed by atoms with Crippen LogP contribution in [0.2, 0.25) is 0 Å². The van der Waals surface area contributed by atoms with Crippen molar-refractivity contribution in [3.63, 3.8) is 0 Å². The van der Waals surface area contributed by atoms with Crippen molar-refractivity contribution in [2.24, 2.45) is 11.7 Å². The van der Waals surface area contributed by atoms with Crippen molar-refractivity contribution in [1.82, 2.24) is 10.5 Å². The minimum absolute atomic E-state index is 0.765. The Hall–Kier alpha value is -2.64.